The van der Waals surface area contributed by atoms with Crippen LogP contribution in [0.15, 0.2) is 18.2 Å². The second-order valence-corrected chi connectivity index (χ2v) is 5.26. The first-order valence-corrected chi connectivity index (χ1v) is 6.43. The topological polar surface area (TPSA) is 20.2 Å². The summed E-state index contributed by atoms with van der Waals surface area (Å²) >= 11 is 0. The first-order valence-electron chi connectivity index (χ1n) is 6.43. The second kappa shape index (κ2) is 5.01. The van der Waals surface area contributed by atoms with Crippen molar-refractivity contribution in [2.45, 2.75) is 52.1 Å². The van der Waals surface area contributed by atoms with Crippen molar-refractivity contribution in [2.24, 2.45) is 5.92 Å². The minimum atomic E-state index is -0.251. The van der Waals surface area contributed by atoms with Crippen molar-refractivity contribution in [3.63, 3.8) is 0 Å². The number of aryl methyl sites for hydroxylation is 2. The van der Waals surface area contributed by atoms with Crippen molar-refractivity contribution in [3.8, 4) is 0 Å². The molecule has 1 fully saturated rings. The molecule has 1 saturated carbocycles. The number of aliphatic hydroxyl groups excluding tert-OH is 1. The van der Waals surface area contributed by atoms with E-state index in [1.807, 2.05) is 0 Å². The molecule has 1 N–H and O–H groups in total. The Morgan fingerprint density at radius 1 is 1.00 bits per heavy atom. The van der Waals surface area contributed by atoms with Crippen molar-refractivity contribution in [1.82, 2.24) is 0 Å². The quantitative estimate of drug-likeness (QED) is 0.797. The van der Waals surface area contributed by atoms with Crippen molar-refractivity contribution in [2.75, 3.05) is 0 Å². The summed E-state index contributed by atoms with van der Waals surface area (Å²) in [6, 6.07) is 6.43. The zero-order chi connectivity index (χ0) is 11.5. The summed E-state index contributed by atoms with van der Waals surface area (Å²) in [6.07, 6.45) is 6.04. The van der Waals surface area contributed by atoms with Gasteiger partial charge in [-0.1, -0.05) is 48.6 Å². The molecule has 1 aliphatic rings. The summed E-state index contributed by atoms with van der Waals surface area (Å²) in [5, 5.41) is 10.4. The van der Waals surface area contributed by atoms with Gasteiger partial charge < -0.3 is 5.11 Å². The maximum atomic E-state index is 10.4. The smallest absolute Gasteiger partial charge is 0.0818 e. The normalized spacial score (nSPS) is 19.7. The largest absolute Gasteiger partial charge is 0.388 e. The highest BCUT2D eigenvalue weighted by Crippen LogP contribution is 2.34. The van der Waals surface area contributed by atoms with E-state index in [0.29, 0.717) is 5.92 Å². The van der Waals surface area contributed by atoms with Crippen LogP contribution in [0.25, 0.3) is 0 Å². The zero-order valence-corrected chi connectivity index (χ0v) is 10.4. The number of benzene rings is 1. The minimum absolute atomic E-state index is 0.251. The molecule has 0 heterocycles. The molecule has 88 valence electrons. The van der Waals surface area contributed by atoms with Gasteiger partial charge in [-0.2, -0.15) is 0 Å². The minimum Gasteiger partial charge on any atom is -0.388 e. The fraction of sp³-hybridized carbons (Fsp3) is 0.600. The summed E-state index contributed by atoms with van der Waals surface area (Å²) in [5.74, 6) is 0.481. The average Bonchev–Trinajstić information content (AvgIpc) is 2.28. The van der Waals surface area contributed by atoms with Crippen LogP contribution in [0, 0.1) is 19.8 Å². The Hall–Kier alpha value is -0.820. The Balaban J connectivity index is 2.15. The highest BCUT2D eigenvalue weighted by Gasteiger charge is 2.23. The molecule has 0 aromatic heterocycles. The molecule has 1 aliphatic carbocycles. The average molecular weight is 218 g/mol. The summed E-state index contributed by atoms with van der Waals surface area (Å²) < 4.78 is 0. The molecule has 16 heavy (non-hydrogen) atoms. The van der Waals surface area contributed by atoms with Crippen LogP contribution < -0.4 is 0 Å². The molecule has 1 atom stereocenters. The molecule has 1 nitrogen and oxygen atoms in total. The molecule has 0 amide bonds. The van der Waals surface area contributed by atoms with Crippen LogP contribution >= 0.6 is 0 Å². The van der Waals surface area contributed by atoms with Gasteiger partial charge in [-0.05, 0) is 38.2 Å². The van der Waals surface area contributed by atoms with Crippen LogP contribution in [0.5, 0.6) is 0 Å². The number of hydrogen-bond donors (Lipinski definition) is 1. The molecule has 2 rings (SSSR count). The lowest BCUT2D eigenvalue weighted by Gasteiger charge is -2.27. The number of rotatable bonds is 2. The third-order valence-corrected chi connectivity index (χ3v) is 3.68. The van der Waals surface area contributed by atoms with Crippen molar-refractivity contribution < 1.29 is 5.11 Å². The molecular formula is C15H22O. The van der Waals surface area contributed by atoms with E-state index in [9.17, 15) is 5.11 Å². The summed E-state index contributed by atoms with van der Waals surface area (Å²) in [7, 11) is 0. The maximum absolute atomic E-state index is 10.4. The predicted octanol–water partition coefficient (Wildman–Crippen LogP) is 3.92. The molecule has 0 bridgehead atoms. The van der Waals surface area contributed by atoms with Crippen molar-refractivity contribution >= 4 is 0 Å². The van der Waals surface area contributed by atoms with E-state index in [-0.39, 0.29) is 6.10 Å². The van der Waals surface area contributed by atoms with Gasteiger partial charge in [0.05, 0.1) is 6.10 Å². The number of hydrogen-bond acceptors (Lipinski definition) is 1. The van der Waals surface area contributed by atoms with Gasteiger partial charge in [0.25, 0.3) is 0 Å². The van der Waals surface area contributed by atoms with Crippen molar-refractivity contribution in [1.29, 1.82) is 0 Å². The Morgan fingerprint density at radius 2 is 1.56 bits per heavy atom. The van der Waals surface area contributed by atoms with Gasteiger partial charge in [0, 0.05) is 0 Å². The lowest BCUT2D eigenvalue weighted by Crippen LogP contribution is -2.16. The van der Waals surface area contributed by atoms with Crippen LogP contribution in [-0.4, -0.2) is 5.11 Å². The third kappa shape index (κ3) is 2.65. The Labute approximate surface area is 98.5 Å². The molecule has 0 unspecified atom stereocenters. The fourth-order valence-corrected chi connectivity index (χ4v) is 2.90. The number of aliphatic hydroxyl groups is 1. The highest BCUT2D eigenvalue weighted by molar-refractivity contribution is 5.30. The van der Waals surface area contributed by atoms with Gasteiger partial charge in [0.15, 0.2) is 0 Å². The van der Waals surface area contributed by atoms with E-state index in [1.165, 1.54) is 43.2 Å². The molecule has 0 aliphatic heterocycles. The monoisotopic (exact) mass is 218 g/mol. The van der Waals surface area contributed by atoms with E-state index in [1.54, 1.807) is 0 Å². The van der Waals surface area contributed by atoms with Crippen LogP contribution in [-0.2, 0) is 0 Å². The Bertz CT molecular complexity index is 330. The fourth-order valence-electron chi connectivity index (χ4n) is 2.90. The molecule has 0 saturated heterocycles. The first kappa shape index (κ1) is 11.7. The maximum Gasteiger partial charge on any atom is 0.0818 e. The molecular weight excluding hydrogens is 196 g/mol. The molecule has 0 spiro atoms. The molecule has 0 radical (unpaired) electrons. The third-order valence-electron chi connectivity index (χ3n) is 3.68. The van der Waals surface area contributed by atoms with Gasteiger partial charge in [-0.3, -0.25) is 0 Å². The van der Waals surface area contributed by atoms with Gasteiger partial charge in [0.2, 0.25) is 0 Å². The molecule has 1 heteroatoms. The van der Waals surface area contributed by atoms with Crippen LogP contribution in [0.3, 0.4) is 0 Å². The van der Waals surface area contributed by atoms with Gasteiger partial charge in [-0.25, -0.2) is 0 Å². The summed E-state index contributed by atoms with van der Waals surface area (Å²) in [5.41, 5.74) is 3.62. The van der Waals surface area contributed by atoms with Gasteiger partial charge >= 0.3 is 0 Å². The summed E-state index contributed by atoms with van der Waals surface area (Å²) in [6.45, 7) is 4.20. The second-order valence-electron chi connectivity index (χ2n) is 5.26. The lowest BCUT2D eigenvalue weighted by molar-refractivity contribution is 0.0847. The van der Waals surface area contributed by atoms with Gasteiger partial charge in [0.1, 0.15) is 0 Å². The van der Waals surface area contributed by atoms with E-state index in [2.05, 4.69) is 32.0 Å². The highest BCUT2D eigenvalue weighted by atomic mass is 16.3. The Kier molecular flexibility index (Phi) is 3.65. The SMILES string of the molecule is Cc1cc(C)cc([C@H](O)C2CCCCC2)c1. The predicted molar refractivity (Wildman–Crippen MR) is 67.5 cm³/mol. The van der Waals surface area contributed by atoms with Gasteiger partial charge in [-0.15, -0.1) is 0 Å². The van der Waals surface area contributed by atoms with Crippen LogP contribution in [0.4, 0.5) is 0 Å². The van der Waals surface area contributed by atoms with E-state index in [0.717, 1.165) is 5.56 Å². The molecule has 1 aromatic carbocycles. The van der Waals surface area contributed by atoms with E-state index < -0.39 is 0 Å². The first-order chi connectivity index (χ1) is 7.66. The van der Waals surface area contributed by atoms with Crippen molar-refractivity contribution in [3.05, 3.63) is 34.9 Å². The zero-order valence-electron chi connectivity index (χ0n) is 10.4. The van der Waals surface area contributed by atoms with E-state index in [4.69, 9.17) is 0 Å². The van der Waals surface area contributed by atoms with Crippen LogP contribution in [0.2, 0.25) is 0 Å². The summed E-state index contributed by atoms with van der Waals surface area (Å²) in [4.78, 5) is 0. The van der Waals surface area contributed by atoms with E-state index >= 15 is 0 Å². The van der Waals surface area contributed by atoms with Crippen LogP contribution in [0.1, 0.15) is 54.9 Å². The molecule has 1 aromatic rings. The Morgan fingerprint density at radius 3 is 2.12 bits per heavy atom. The standard InChI is InChI=1S/C15H22O/c1-11-8-12(2)10-14(9-11)15(16)13-6-4-3-5-7-13/h8-10,13,15-16H,3-7H2,1-2H3/t15-/m1/s1. The lowest BCUT2D eigenvalue weighted by atomic mass is 9.82.